The number of nitrogens with one attached hydrogen (secondary N) is 1. The summed E-state index contributed by atoms with van der Waals surface area (Å²) in [5, 5.41) is 1.39. The van der Waals surface area contributed by atoms with Crippen LogP contribution in [0.25, 0.3) is 0 Å². The van der Waals surface area contributed by atoms with Gasteiger partial charge in [0.15, 0.2) is 0 Å². The van der Waals surface area contributed by atoms with Crippen molar-refractivity contribution in [2.45, 2.75) is 12.3 Å². The molecule has 0 heterocycles. The monoisotopic (exact) mass is 317 g/mol. The van der Waals surface area contributed by atoms with Crippen molar-refractivity contribution >= 4 is 27.5 Å². The molecule has 0 saturated heterocycles. The molecule has 0 aromatic heterocycles. The van der Waals surface area contributed by atoms with Gasteiger partial charge in [0, 0.05) is 4.47 Å². The van der Waals surface area contributed by atoms with Crippen LogP contribution in [0.15, 0.2) is 22.7 Å². The Bertz CT molecular complexity index is 437. The fraction of sp³-hybridized carbons (Fsp3) is 0.222. The maximum absolute atomic E-state index is 13.1. The maximum atomic E-state index is 13.1. The number of hydrogen-bond acceptors (Lipinski definition) is 1. The van der Waals surface area contributed by atoms with E-state index < -0.39 is 29.8 Å². The van der Waals surface area contributed by atoms with Crippen LogP contribution in [0.3, 0.4) is 0 Å². The topological polar surface area (TPSA) is 29.1 Å². The van der Waals surface area contributed by atoms with Crippen LogP contribution in [0, 0.1) is 5.82 Å². The molecule has 8 heteroatoms. The Morgan fingerprint density at radius 2 is 1.94 bits per heavy atom. The minimum atomic E-state index is -4.86. The van der Waals surface area contributed by atoms with E-state index in [1.54, 1.807) is 0 Å². The van der Waals surface area contributed by atoms with E-state index in [0.717, 1.165) is 12.1 Å². The predicted molar refractivity (Wildman–Crippen MR) is 53.7 cm³/mol. The number of rotatable bonds is 3. The van der Waals surface area contributed by atoms with Crippen molar-refractivity contribution in [3.05, 3.63) is 28.5 Å². The first kappa shape index (κ1) is 13.9. The summed E-state index contributed by atoms with van der Waals surface area (Å²) in [6.07, 6.45) is -4.15. The molecule has 1 aromatic carbocycles. The zero-order valence-electron chi connectivity index (χ0n) is 7.99. The highest BCUT2D eigenvalue weighted by Crippen LogP contribution is 2.26. The Morgan fingerprint density at radius 3 is 2.41 bits per heavy atom. The zero-order chi connectivity index (χ0) is 13.2. The van der Waals surface area contributed by atoms with Crippen LogP contribution in [-0.2, 0) is 4.79 Å². The molecule has 94 valence electrons. The SMILES string of the molecule is O=C(Nc1ccc(Br)cc1F)C(F)(F)C(F)F. The Hall–Kier alpha value is -1.18. The van der Waals surface area contributed by atoms with Crippen LogP contribution in [0.5, 0.6) is 0 Å². The van der Waals surface area contributed by atoms with Crippen LogP contribution < -0.4 is 5.32 Å². The van der Waals surface area contributed by atoms with Gasteiger partial charge >= 0.3 is 18.3 Å². The predicted octanol–water partition coefficient (Wildman–Crippen LogP) is 3.43. The molecular weight excluding hydrogens is 313 g/mol. The highest BCUT2D eigenvalue weighted by molar-refractivity contribution is 9.10. The summed E-state index contributed by atoms with van der Waals surface area (Å²) >= 11 is 2.90. The smallest absolute Gasteiger partial charge is 0.318 e. The first-order chi connectivity index (χ1) is 7.75. The molecule has 0 atom stereocenters. The molecule has 0 radical (unpaired) electrons. The molecule has 0 bridgehead atoms. The number of carbonyl (C=O) groups is 1. The van der Waals surface area contributed by atoms with Gasteiger partial charge in [0.2, 0.25) is 0 Å². The highest BCUT2D eigenvalue weighted by atomic mass is 79.9. The van der Waals surface area contributed by atoms with Gasteiger partial charge < -0.3 is 5.32 Å². The van der Waals surface area contributed by atoms with Crippen LogP contribution in [0.1, 0.15) is 0 Å². The lowest BCUT2D eigenvalue weighted by Gasteiger charge is -2.15. The van der Waals surface area contributed by atoms with Crippen LogP contribution in [-0.4, -0.2) is 18.3 Å². The summed E-state index contributed by atoms with van der Waals surface area (Å²) in [4.78, 5) is 10.8. The standard InChI is InChI=1S/C9H5BrF5NO/c10-4-1-2-6(5(11)3-4)16-8(17)9(14,15)7(12)13/h1-3,7H,(H,16,17). The summed E-state index contributed by atoms with van der Waals surface area (Å²) < 4.78 is 62.2. The molecule has 1 aromatic rings. The average Bonchev–Trinajstić information content (AvgIpc) is 2.21. The number of amides is 1. The molecular formula is C9H5BrF5NO. The Labute approximate surface area is 101 Å². The molecule has 0 aliphatic rings. The van der Waals surface area contributed by atoms with E-state index >= 15 is 0 Å². The zero-order valence-corrected chi connectivity index (χ0v) is 9.57. The number of benzene rings is 1. The molecule has 1 rings (SSSR count). The summed E-state index contributed by atoms with van der Waals surface area (Å²) in [7, 11) is 0. The molecule has 0 saturated carbocycles. The van der Waals surface area contributed by atoms with Crippen molar-refractivity contribution in [3.63, 3.8) is 0 Å². The molecule has 0 aliphatic heterocycles. The first-order valence-electron chi connectivity index (χ1n) is 4.17. The maximum Gasteiger partial charge on any atom is 0.383 e. The number of halogens is 6. The van der Waals surface area contributed by atoms with E-state index in [-0.39, 0.29) is 0 Å². The third kappa shape index (κ3) is 3.15. The molecule has 1 N–H and O–H groups in total. The van der Waals surface area contributed by atoms with E-state index in [1.807, 2.05) is 0 Å². The number of hydrogen-bond donors (Lipinski definition) is 1. The van der Waals surface area contributed by atoms with Crippen molar-refractivity contribution < 1.29 is 26.7 Å². The lowest BCUT2D eigenvalue weighted by molar-refractivity contribution is -0.163. The lowest BCUT2D eigenvalue weighted by Crippen LogP contribution is -2.41. The Balaban J connectivity index is 2.89. The molecule has 1 amide bonds. The Morgan fingerprint density at radius 1 is 1.35 bits per heavy atom. The first-order valence-corrected chi connectivity index (χ1v) is 4.97. The summed E-state index contributed by atoms with van der Waals surface area (Å²) in [5.74, 6) is -8.13. The second-order valence-electron chi connectivity index (χ2n) is 3.00. The van der Waals surface area contributed by atoms with Crippen molar-refractivity contribution in [2.75, 3.05) is 5.32 Å². The van der Waals surface area contributed by atoms with E-state index in [1.165, 1.54) is 11.4 Å². The molecule has 0 spiro atoms. The molecule has 0 aliphatic carbocycles. The minimum Gasteiger partial charge on any atom is -0.318 e. The van der Waals surface area contributed by atoms with Crippen molar-refractivity contribution in [1.29, 1.82) is 0 Å². The number of carbonyl (C=O) groups excluding carboxylic acids is 1. The van der Waals surface area contributed by atoms with Crippen molar-refractivity contribution in [3.8, 4) is 0 Å². The normalized spacial score (nSPS) is 11.7. The van der Waals surface area contributed by atoms with Gasteiger partial charge in [-0.15, -0.1) is 0 Å². The van der Waals surface area contributed by atoms with Crippen LogP contribution in [0.2, 0.25) is 0 Å². The molecule has 2 nitrogen and oxygen atoms in total. The van der Waals surface area contributed by atoms with Gasteiger partial charge in [-0.25, -0.2) is 13.2 Å². The quantitative estimate of drug-likeness (QED) is 0.850. The van der Waals surface area contributed by atoms with Gasteiger partial charge in [-0.3, -0.25) is 4.79 Å². The average molecular weight is 318 g/mol. The second-order valence-corrected chi connectivity index (χ2v) is 3.92. The third-order valence-corrected chi connectivity index (χ3v) is 2.25. The molecule has 17 heavy (non-hydrogen) atoms. The minimum absolute atomic E-state index is 0.314. The third-order valence-electron chi connectivity index (χ3n) is 1.76. The molecule has 0 unspecified atom stereocenters. The summed E-state index contributed by atoms with van der Waals surface area (Å²) in [5.41, 5.74) is -0.599. The summed E-state index contributed by atoms with van der Waals surface area (Å²) in [6.45, 7) is 0. The van der Waals surface area contributed by atoms with Gasteiger partial charge in [-0.1, -0.05) is 15.9 Å². The van der Waals surface area contributed by atoms with Gasteiger partial charge in [-0.2, -0.15) is 8.78 Å². The van der Waals surface area contributed by atoms with Gasteiger partial charge in [0.1, 0.15) is 5.82 Å². The fourth-order valence-corrected chi connectivity index (χ4v) is 1.23. The van der Waals surface area contributed by atoms with Gasteiger partial charge in [-0.05, 0) is 18.2 Å². The van der Waals surface area contributed by atoms with E-state index in [0.29, 0.717) is 4.47 Å². The lowest BCUT2D eigenvalue weighted by atomic mass is 10.2. The largest absolute Gasteiger partial charge is 0.383 e. The number of anilines is 1. The van der Waals surface area contributed by atoms with Gasteiger partial charge in [0.25, 0.3) is 0 Å². The highest BCUT2D eigenvalue weighted by Gasteiger charge is 2.49. The van der Waals surface area contributed by atoms with Crippen LogP contribution in [0.4, 0.5) is 27.6 Å². The second kappa shape index (κ2) is 4.99. The molecule has 0 fully saturated rings. The van der Waals surface area contributed by atoms with Crippen molar-refractivity contribution in [2.24, 2.45) is 0 Å². The Kier molecular flexibility index (Phi) is 4.07. The van der Waals surface area contributed by atoms with Gasteiger partial charge in [0.05, 0.1) is 5.69 Å². The van der Waals surface area contributed by atoms with E-state index in [2.05, 4.69) is 15.9 Å². The summed E-state index contributed by atoms with van der Waals surface area (Å²) in [6, 6.07) is 3.13. The van der Waals surface area contributed by atoms with E-state index in [4.69, 9.17) is 0 Å². The fourth-order valence-electron chi connectivity index (χ4n) is 0.896. The van der Waals surface area contributed by atoms with Crippen LogP contribution >= 0.6 is 15.9 Å². The van der Waals surface area contributed by atoms with E-state index in [9.17, 15) is 26.7 Å². The number of alkyl halides is 4. The van der Waals surface area contributed by atoms with Crippen molar-refractivity contribution in [1.82, 2.24) is 0 Å².